The van der Waals surface area contributed by atoms with Crippen molar-refractivity contribution < 1.29 is 0 Å². The maximum Gasteiger partial charge on any atom is 0.0243 e. The molecule has 0 aliphatic carbocycles. The Morgan fingerprint density at radius 2 is 0.974 bits per heavy atom. The molecule has 0 spiro atoms. The van der Waals surface area contributed by atoms with Gasteiger partial charge in [0.05, 0.1) is 0 Å². The lowest BCUT2D eigenvalue weighted by Gasteiger charge is -2.26. The summed E-state index contributed by atoms with van der Waals surface area (Å²) >= 11 is 0. The molecule has 204 valence electrons. The first kappa shape index (κ1) is 28.8. The van der Waals surface area contributed by atoms with E-state index in [1.807, 2.05) is 0 Å². The summed E-state index contributed by atoms with van der Waals surface area (Å²) in [5.74, 6) is 0.357. The summed E-state index contributed by atoms with van der Waals surface area (Å²) < 4.78 is 0. The van der Waals surface area contributed by atoms with Crippen LogP contribution < -0.4 is 5.32 Å². The van der Waals surface area contributed by atoms with E-state index in [1.54, 1.807) is 0 Å². The highest BCUT2D eigenvalue weighted by Gasteiger charge is 2.27. The molecule has 1 aliphatic heterocycles. The van der Waals surface area contributed by atoms with Crippen LogP contribution >= 0.6 is 0 Å². The Morgan fingerprint density at radius 3 is 1.28 bits per heavy atom. The molecular weight excluding hydrogens is 470 g/mol. The van der Waals surface area contributed by atoms with E-state index >= 15 is 0 Å². The van der Waals surface area contributed by atoms with Crippen LogP contribution in [0.25, 0.3) is 22.3 Å². The lowest BCUT2D eigenvalue weighted by atomic mass is 9.82. The number of rotatable bonds is 5. The zero-order valence-corrected chi connectivity index (χ0v) is 25.4. The van der Waals surface area contributed by atoms with Crippen LogP contribution in [0.5, 0.6) is 0 Å². The van der Waals surface area contributed by atoms with E-state index in [9.17, 15) is 0 Å². The Kier molecular flexibility index (Phi) is 9.46. The smallest absolute Gasteiger partial charge is 0.0243 e. The van der Waals surface area contributed by atoms with Gasteiger partial charge in [-0.15, -0.1) is 0 Å². The fourth-order valence-corrected chi connectivity index (χ4v) is 6.64. The fourth-order valence-electron chi connectivity index (χ4n) is 6.64. The third-order valence-electron chi connectivity index (χ3n) is 7.97. The second-order valence-corrected chi connectivity index (χ2v) is 11.7. The maximum atomic E-state index is 3.80. The van der Waals surface area contributed by atoms with Gasteiger partial charge in [-0.3, -0.25) is 0 Å². The normalized spacial score (nSPS) is 14.8. The van der Waals surface area contributed by atoms with E-state index in [1.165, 1.54) is 86.0 Å². The van der Waals surface area contributed by atoms with Crippen molar-refractivity contribution in [1.82, 2.24) is 5.32 Å². The summed E-state index contributed by atoms with van der Waals surface area (Å²) in [4.78, 5) is 0. The first-order valence-corrected chi connectivity index (χ1v) is 14.8. The lowest BCUT2D eigenvalue weighted by molar-refractivity contribution is 0.540. The van der Waals surface area contributed by atoms with Crippen molar-refractivity contribution in [3.05, 3.63) is 117 Å². The highest BCUT2D eigenvalue weighted by atomic mass is 14.9. The van der Waals surface area contributed by atoms with Crippen molar-refractivity contribution in [3.8, 4) is 22.3 Å². The quantitative estimate of drug-likeness (QED) is 0.278. The molecule has 4 aromatic carbocycles. The van der Waals surface area contributed by atoms with Gasteiger partial charge in [0.25, 0.3) is 0 Å². The van der Waals surface area contributed by atoms with Crippen LogP contribution in [-0.2, 0) is 0 Å². The number of hydrogen-bond donors (Lipinski definition) is 1. The molecule has 1 N–H and O–H groups in total. The van der Waals surface area contributed by atoms with Crippen molar-refractivity contribution in [2.75, 3.05) is 6.54 Å². The summed E-state index contributed by atoms with van der Waals surface area (Å²) in [5.41, 5.74) is 16.2. The van der Waals surface area contributed by atoms with Crippen molar-refractivity contribution in [2.24, 2.45) is 0 Å². The van der Waals surface area contributed by atoms with Crippen LogP contribution in [0.3, 0.4) is 0 Å². The average molecular weight is 518 g/mol. The minimum absolute atomic E-state index is 0.357. The lowest BCUT2D eigenvalue weighted by Crippen LogP contribution is -2.29. The molecule has 1 unspecified atom stereocenters. The molecule has 5 rings (SSSR count). The Bertz CT molecular complexity index is 1240. The van der Waals surface area contributed by atoms with E-state index in [0.29, 0.717) is 12.0 Å². The van der Waals surface area contributed by atoms with Crippen molar-refractivity contribution in [1.29, 1.82) is 0 Å². The summed E-state index contributed by atoms with van der Waals surface area (Å²) in [6, 6.07) is 28.4. The molecule has 0 aromatic heterocycles. The number of aryl methyl sites for hydroxylation is 6. The Labute approximate surface area is 237 Å². The van der Waals surface area contributed by atoms with Crippen LogP contribution in [0.2, 0.25) is 0 Å². The third-order valence-corrected chi connectivity index (χ3v) is 7.97. The fraction of sp³-hybridized carbons (Fsp3) is 0.368. The number of hydrogen-bond acceptors (Lipinski definition) is 1. The molecule has 39 heavy (non-hydrogen) atoms. The molecule has 1 nitrogen and oxygen atoms in total. The topological polar surface area (TPSA) is 12.0 Å². The van der Waals surface area contributed by atoms with Crippen LogP contribution in [0.4, 0.5) is 0 Å². The summed E-state index contributed by atoms with van der Waals surface area (Å²) in [7, 11) is 0. The average Bonchev–Trinajstić information content (AvgIpc) is 3.40. The molecule has 1 heterocycles. The van der Waals surface area contributed by atoms with E-state index in [-0.39, 0.29) is 0 Å². The molecule has 0 saturated carbocycles. The van der Waals surface area contributed by atoms with Gasteiger partial charge in [-0.1, -0.05) is 104 Å². The Morgan fingerprint density at radius 1 is 0.615 bits per heavy atom. The molecule has 0 amide bonds. The maximum absolute atomic E-state index is 3.80. The molecule has 0 radical (unpaired) electrons. The van der Waals surface area contributed by atoms with Crippen molar-refractivity contribution in [3.63, 3.8) is 0 Å². The summed E-state index contributed by atoms with van der Waals surface area (Å²) in [5, 5.41) is 3.80. The van der Waals surface area contributed by atoms with Gasteiger partial charge >= 0.3 is 0 Å². The highest BCUT2D eigenvalue weighted by Crippen LogP contribution is 2.36. The van der Waals surface area contributed by atoms with E-state index in [4.69, 9.17) is 0 Å². The Balaban J connectivity index is 0.00000112. The van der Waals surface area contributed by atoms with E-state index in [0.717, 1.165) is 6.54 Å². The minimum Gasteiger partial charge on any atom is -0.313 e. The zero-order valence-electron chi connectivity index (χ0n) is 25.4. The Hall–Kier alpha value is -3.16. The van der Waals surface area contributed by atoms with Crippen LogP contribution in [-0.4, -0.2) is 12.6 Å². The second-order valence-electron chi connectivity index (χ2n) is 11.7. The van der Waals surface area contributed by atoms with Gasteiger partial charge in [-0.2, -0.15) is 0 Å². The molecule has 4 aromatic rings. The largest absolute Gasteiger partial charge is 0.313 e. The molecule has 1 atom stereocenters. The molecule has 1 heteroatoms. The van der Waals surface area contributed by atoms with Crippen LogP contribution in [0, 0.1) is 41.5 Å². The van der Waals surface area contributed by atoms with Crippen molar-refractivity contribution in [2.45, 2.75) is 86.6 Å². The number of nitrogens with one attached hydrogen (secondary N) is 1. The standard InChI is InChI=1S/C35H39N.C3H8/c1-22-18-24(3)33(25(4)19-22)28-9-13-30(14-10-28)35(32-8-7-17-36-32)31-15-11-29(12-16-31)34-26(5)20-23(2)21-27(34)6;1-3-2/h9-16,18-21,32,35-36H,7-8,17H2,1-6H3;3H2,1-2H3. The van der Waals surface area contributed by atoms with Gasteiger partial charge in [0.15, 0.2) is 0 Å². The van der Waals surface area contributed by atoms with Crippen LogP contribution in [0.15, 0.2) is 72.8 Å². The van der Waals surface area contributed by atoms with Gasteiger partial charge in [0, 0.05) is 12.0 Å². The van der Waals surface area contributed by atoms with Gasteiger partial charge in [-0.05, 0) is 117 Å². The van der Waals surface area contributed by atoms with Gasteiger partial charge < -0.3 is 5.32 Å². The van der Waals surface area contributed by atoms with Gasteiger partial charge in [0.1, 0.15) is 0 Å². The monoisotopic (exact) mass is 517 g/mol. The summed E-state index contributed by atoms with van der Waals surface area (Å²) in [6.07, 6.45) is 3.72. The second kappa shape index (κ2) is 12.8. The van der Waals surface area contributed by atoms with E-state index < -0.39 is 0 Å². The van der Waals surface area contributed by atoms with Gasteiger partial charge in [-0.25, -0.2) is 0 Å². The summed E-state index contributed by atoms with van der Waals surface area (Å²) in [6.45, 7) is 18.6. The first-order chi connectivity index (χ1) is 18.7. The van der Waals surface area contributed by atoms with Crippen molar-refractivity contribution >= 4 is 0 Å². The molecule has 1 saturated heterocycles. The molecule has 1 aliphatic rings. The predicted octanol–water partition coefficient (Wildman–Crippen LogP) is 10.2. The van der Waals surface area contributed by atoms with Gasteiger partial charge in [0.2, 0.25) is 0 Å². The van der Waals surface area contributed by atoms with E-state index in [2.05, 4.69) is 134 Å². The molecular formula is C38H47N. The minimum atomic E-state index is 0.357. The third kappa shape index (κ3) is 6.53. The molecule has 0 bridgehead atoms. The zero-order chi connectivity index (χ0) is 28.1. The number of benzene rings is 4. The molecule has 1 fully saturated rings. The van der Waals surface area contributed by atoms with Crippen LogP contribution in [0.1, 0.15) is 83.5 Å². The SMILES string of the molecule is CCC.Cc1cc(C)c(-c2ccc(C(c3ccc(-c4c(C)cc(C)cc4C)cc3)C3CCCN3)cc2)c(C)c1. The predicted molar refractivity (Wildman–Crippen MR) is 171 cm³/mol. The highest BCUT2D eigenvalue weighted by molar-refractivity contribution is 5.73. The first-order valence-electron chi connectivity index (χ1n) is 14.8.